The predicted molar refractivity (Wildman–Crippen MR) is 426 cm³/mol. The van der Waals surface area contributed by atoms with Gasteiger partial charge in [-0.3, -0.25) is 0 Å². The van der Waals surface area contributed by atoms with E-state index in [1.165, 1.54) is 190 Å². The summed E-state index contributed by atoms with van der Waals surface area (Å²) in [5, 5.41) is 4.65. The van der Waals surface area contributed by atoms with Crippen molar-refractivity contribution in [2.24, 2.45) is 0 Å². The van der Waals surface area contributed by atoms with Gasteiger partial charge >= 0.3 is 0 Å². The number of H-pyrrole nitrogens is 2. The number of fused-ring (bicyclic) bond motifs is 20. The van der Waals surface area contributed by atoms with Crippen molar-refractivity contribution in [3.8, 4) is 57.4 Å². The van der Waals surface area contributed by atoms with Gasteiger partial charge in [0.15, 0.2) is 23.3 Å². The van der Waals surface area contributed by atoms with Crippen molar-refractivity contribution in [3.05, 3.63) is 122 Å². The Balaban J connectivity index is 1.43. The summed E-state index contributed by atoms with van der Waals surface area (Å²) in [6, 6.07) is 25.9. The minimum absolute atomic E-state index is 0.740. The number of anilines is 1. The number of aromatic amines is 2. The Morgan fingerprint density at radius 2 is 0.566 bits per heavy atom. The van der Waals surface area contributed by atoms with Gasteiger partial charge in [0, 0.05) is 74.7 Å². The van der Waals surface area contributed by atoms with Crippen LogP contribution >= 0.6 is 0 Å². The number of aromatic nitrogens is 8. The molecule has 0 unspecified atom stereocenters. The lowest BCUT2D eigenvalue weighted by Crippen LogP contribution is -2.07. The quantitative estimate of drug-likeness (QED) is 0.0290. The van der Waals surface area contributed by atoms with E-state index in [1.54, 1.807) is 0 Å². The molecule has 99 heavy (non-hydrogen) atoms. The van der Waals surface area contributed by atoms with E-state index >= 15 is 0 Å². The van der Waals surface area contributed by atoms with Gasteiger partial charge in [0.25, 0.3) is 0 Å². The van der Waals surface area contributed by atoms with Crippen LogP contribution in [0.2, 0.25) is 0 Å². The molecule has 0 aliphatic carbocycles. The van der Waals surface area contributed by atoms with Crippen molar-refractivity contribution in [1.82, 2.24) is 39.9 Å². The highest BCUT2D eigenvalue weighted by atomic mass is 15.1. The molecule has 9 heteroatoms. The second-order valence-corrected chi connectivity index (χ2v) is 29.5. The SMILES string of the molecule is CCCCCCc1ccc(CCCCCC)c2c1-c1nc-2nc2[nH]c(nc3nc(nc4[nH]c(n1)c1c(CCCCCC)ccc(CCCCCC)c41)-c1c(CCCCCC)ccc(CCCCCC)c1-3)c1c(CCCCCC)c(C#Cc3ccc(N(C)C)cc3)cc(CCCCCC)c21. The maximum absolute atomic E-state index is 6.14. The Kier molecular flexibility index (Phi) is 29.0. The Morgan fingerprint density at radius 1 is 0.283 bits per heavy atom. The summed E-state index contributed by atoms with van der Waals surface area (Å²) >= 11 is 0. The molecular weight excluding hydrogens is 1210 g/mol. The van der Waals surface area contributed by atoms with E-state index in [-0.39, 0.29) is 0 Å². The molecule has 0 saturated heterocycles. The van der Waals surface area contributed by atoms with E-state index in [4.69, 9.17) is 29.9 Å². The highest BCUT2D eigenvalue weighted by Gasteiger charge is 2.31. The lowest BCUT2D eigenvalue weighted by Gasteiger charge is -2.14. The molecule has 3 aromatic heterocycles. The fraction of sp³-hybridized carbons (Fsp3) is 0.556. The molecule has 528 valence electrons. The Labute approximate surface area is 597 Å². The zero-order valence-electron chi connectivity index (χ0n) is 63.3. The average molecular weight is 1330 g/mol. The first-order valence-electron chi connectivity index (χ1n) is 40.4. The molecule has 9 nitrogen and oxygen atoms in total. The number of nitrogens with one attached hydrogen (secondary N) is 2. The average Bonchev–Trinajstić information content (AvgIpc) is 1.58. The van der Waals surface area contributed by atoms with Crippen LogP contribution in [-0.4, -0.2) is 54.0 Å². The van der Waals surface area contributed by atoms with Crippen LogP contribution in [0, 0.1) is 11.8 Å². The summed E-state index contributed by atoms with van der Waals surface area (Å²) in [6.45, 7) is 18.5. The van der Waals surface area contributed by atoms with Crippen LogP contribution in [-0.2, 0) is 51.4 Å². The number of nitrogens with zero attached hydrogens (tertiary/aromatic N) is 7. The molecule has 0 atom stereocenters. The van der Waals surface area contributed by atoms with Gasteiger partial charge in [0.1, 0.15) is 22.6 Å². The van der Waals surface area contributed by atoms with Crippen molar-refractivity contribution in [1.29, 1.82) is 0 Å². The third-order valence-corrected chi connectivity index (χ3v) is 21.4. The fourth-order valence-corrected chi connectivity index (χ4v) is 15.6. The third kappa shape index (κ3) is 18.9. The monoisotopic (exact) mass is 1330 g/mol. The number of rotatable bonds is 41. The molecule has 0 radical (unpaired) electrons. The van der Waals surface area contributed by atoms with Gasteiger partial charge in [-0.05, 0) is 178 Å². The van der Waals surface area contributed by atoms with Gasteiger partial charge in [-0.2, -0.15) is 0 Å². The van der Waals surface area contributed by atoms with E-state index in [2.05, 4.69) is 163 Å². The topological polar surface area (TPSA) is 112 Å². The first-order chi connectivity index (χ1) is 48.7. The van der Waals surface area contributed by atoms with Crippen molar-refractivity contribution < 1.29 is 0 Å². The van der Waals surface area contributed by atoms with Crippen LogP contribution in [0.4, 0.5) is 5.69 Å². The molecule has 2 N–H and O–H groups in total. The summed E-state index contributed by atoms with van der Waals surface area (Å²) in [5.74, 6) is 10.6. The highest BCUT2D eigenvalue weighted by molar-refractivity contribution is 6.11. The zero-order valence-corrected chi connectivity index (χ0v) is 63.3. The van der Waals surface area contributed by atoms with Gasteiger partial charge < -0.3 is 14.9 Å². The lowest BCUT2D eigenvalue weighted by atomic mass is 9.90. The van der Waals surface area contributed by atoms with Crippen LogP contribution in [0.25, 0.3) is 89.7 Å². The van der Waals surface area contributed by atoms with Crippen LogP contribution in [0.3, 0.4) is 0 Å². The summed E-state index contributed by atoms with van der Waals surface area (Å²) in [7, 11) is 4.20. The van der Waals surface area contributed by atoms with E-state index in [9.17, 15) is 0 Å². The standard InChI is InChI=1S/C90H123N9/c1-11-19-27-35-43-65-55-56-66(44-36-28-20-12-2)76-75(65)83-91-84(76)93-86-79-69(47-39-31-23-15-5)59-60-70(48-40-32-24-16-6)80(79)88(95-86)97-90-82-74(50-42-34-26-18-8)71(54-51-64-52-61-73(62-53-64)99(9)10)63-72(49-41-33-25-17-7)81(82)89(98-90)96-87-78-68(46-38-30-22-14-4)58-57-67(45-37-29-21-13-3)77(78)85(92-83)94-87/h52-53,55-63H,11-50H2,1-10H3,(H2,91,92,93,94,95,96,97,98). The molecule has 5 heterocycles. The molecule has 5 aromatic carbocycles. The number of hydrogen-bond donors (Lipinski definition) is 2. The number of aryl methyl sites for hydroxylation is 8. The number of unbranched alkanes of at least 4 members (excludes halogenated alkanes) is 24. The van der Waals surface area contributed by atoms with Gasteiger partial charge in [0.05, 0.1) is 0 Å². The summed E-state index contributed by atoms with van der Waals surface area (Å²) in [5.41, 5.74) is 21.6. The molecular formula is C90H123N9. The zero-order chi connectivity index (χ0) is 69.3. The molecule has 0 fully saturated rings. The van der Waals surface area contributed by atoms with Crippen LogP contribution in [0.1, 0.15) is 316 Å². The maximum atomic E-state index is 6.14. The molecule has 8 bridgehead atoms. The van der Waals surface area contributed by atoms with Gasteiger partial charge in [-0.15, -0.1) is 0 Å². The molecule has 10 rings (SSSR count). The lowest BCUT2D eigenvalue weighted by molar-refractivity contribution is 0.664. The van der Waals surface area contributed by atoms with Crippen LogP contribution in [0.5, 0.6) is 0 Å². The third-order valence-electron chi connectivity index (χ3n) is 21.4. The summed E-state index contributed by atoms with van der Waals surface area (Å²) in [6.07, 6.45) is 44.9. The summed E-state index contributed by atoms with van der Waals surface area (Å²) in [4.78, 5) is 46.6. The van der Waals surface area contributed by atoms with Crippen molar-refractivity contribution in [2.75, 3.05) is 19.0 Å². The Bertz CT molecular complexity index is 4130. The first kappa shape index (κ1) is 74.5. The Morgan fingerprint density at radius 3 is 0.889 bits per heavy atom. The van der Waals surface area contributed by atoms with Gasteiger partial charge in [-0.1, -0.05) is 258 Å². The smallest absolute Gasteiger partial charge is 0.165 e. The van der Waals surface area contributed by atoms with Crippen molar-refractivity contribution >= 4 is 49.8 Å². The molecule has 0 saturated carbocycles. The van der Waals surface area contributed by atoms with E-state index in [0.29, 0.717) is 0 Å². The maximum Gasteiger partial charge on any atom is 0.165 e. The van der Waals surface area contributed by atoms with E-state index in [0.717, 1.165) is 218 Å². The van der Waals surface area contributed by atoms with Crippen LogP contribution in [0.15, 0.2) is 66.7 Å². The number of benzene rings is 5. The van der Waals surface area contributed by atoms with E-state index < -0.39 is 0 Å². The molecule has 8 aromatic rings. The highest BCUT2D eigenvalue weighted by Crippen LogP contribution is 2.45. The fourth-order valence-electron chi connectivity index (χ4n) is 15.6. The second-order valence-electron chi connectivity index (χ2n) is 29.5. The van der Waals surface area contributed by atoms with Crippen LogP contribution < -0.4 is 4.90 Å². The van der Waals surface area contributed by atoms with Gasteiger partial charge in [-0.25, -0.2) is 29.9 Å². The predicted octanol–water partition coefficient (Wildman–Crippen LogP) is 25.3. The van der Waals surface area contributed by atoms with Gasteiger partial charge in [0.2, 0.25) is 0 Å². The van der Waals surface area contributed by atoms with Crippen molar-refractivity contribution in [3.63, 3.8) is 0 Å². The second kappa shape index (κ2) is 38.6. The minimum atomic E-state index is 0.740. The minimum Gasteiger partial charge on any atom is -0.378 e. The number of hydrogen-bond acceptors (Lipinski definition) is 7. The molecule has 2 aliphatic heterocycles. The van der Waals surface area contributed by atoms with E-state index in [1.807, 2.05) is 0 Å². The molecule has 0 amide bonds. The summed E-state index contributed by atoms with van der Waals surface area (Å²) < 4.78 is 0. The largest absolute Gasteiger partial charge is 0.378 e. The van der Waals surface area contributed by atoms with Crippen molar-refractivity contribution in [2.45, 2.75) is 312 Å². The Hall–Kier alpha value is -7.18. The molecule has 2 aliphatic rings. The normalized spacial score (nSPS) is 11.9. The first-order valence-corrected chi connectivity index (χ1v) is 40.4. The molecule has 0 spiro atoms.